The van der Waals surface area contributed by atoms with E-state index < -0.39 is 0 Å². The van der Waals surface area contributed by atoms with Gasteiger partial charge in [-0.25, -0.2) is 0 Å². The zero-order valence-electron chi connectivity index (χ0n) is 14.9. The molecule has 0 unspecified atom stereocenters. The van der Waals surface area contributed by atoms with Crippen LogP contribution in [0.4, 0.5) is 5.69 Å². The van der Waals surface area contributed by atoms with Gasteiger partial charge < -0.3 is 9.73 Å². The molecule has 2 N–H and O–H groups in total. The minimum Gasteiger partial charge on any atom is -0.451 e. The molecule has 0 bridgehead atoms. The fourth-order valence-electron chi connectivity index (χ4n) is 2.92. The largest absolute Gasteiger partial charge is 0.451 e. The fourth-order valence-corrected chi connectivity index (χ4v) is 3.13. The zero-order chi connectivity index (χ0) is 19.3. The Kier molecular flexibility index (Phi) is 5.12. The van der Waals surface area contributed by atoms with E-state index in [9.17, 15) is 4.79 Å². The average Bonchev–Trinajstić information content (AvgIpc) is 3.13. The van der Waals surface area contributed by atoms with Gasteiger partial charge in [0.15, 0.2) is 10.9 Å². The molecule has 0 atom stereocenters. The van der Waals surface area contributed by atoms with Crippen LogP contribution in [0.15, 0.2) is 83.5 Å². The first-order chi connectivity index (χ1) is 13.7. The number of pyridine rings is 1. The Morgan fingerprint density at radius 2 is 1.86 bits per heavy atom. The van der Waals surface area contributed by atoms with Crippen molar-refractivity contribution in [3.63, 3.8) is 0 Å². The van der Waals surface area contributed by atoms with Gasteiger partial charge in [-0.1, -0.05) is 36.4 Å². The number of aromatic nitrogens is 1. The summed E-state index contributed by atoms with van der Waals surface area (Å²) in [5.41, 5.74) is 3.70. The molecule has 1 amide bonds. The minimum atomic E-state index is -0.389. The van der Waals surface area contributed by atoms with E-state index in [2.05, 4.69) is 15.6 Å². The quantitative estimate of drug-likeness (QED) is 0.503. The molecule has 4 aromatic rings. The highest BCUT2D eigenvalue weighted by atomic mass is 32.1. The maximum atomic E-state index is 12.4. The number of benzene rings is 2. The SMILES string of the molecule is O=C(NC(=S)Nc1cccc(Cc2cccnc2)c1)c1cc2ccccc2o1. The summed E-state index contributed by atoms with van der Waals surface area (Å²) in [6.45, 7) is 0. The number of nitrogens with zero attached hydrogens (tertiary/aromatic N) is 1. The number of amides is 1. The van der Waals surface area contributed by atoms with Gasteiger partial charge in [-0.3, -0.25) is 15.1 Å². The van der Waals surface area contributed by atoms with Crippen LogP contribution >= 0.6 is 12.2 Å². The number of carbonyl (C=O) groups excluding carboxylic acids is 1. The normalized spacial score (nSPS) is 10.6. The van der Waals surface area contributed by atoms with Crippen molar-refractivity contribution in [2.24, 2.45) is 0 Å². The maximum Gasteiger partial charge on any atom is 0.293 e. The van der Waals surface area contributed by atoms with E-state index >= 15 is 0 Å². The summed E-state index contributed by atoms with van der Waals surface area (Å²) >= 11 is 5.27. The standard InChI is InChI=1S/C22H17N3O2S/c26-21(20-13-17-7-1-2-9-19(17)27-20)25-22(28)24-18-8-3-5-15(12-18)11-16-6-4-10-23-14-16/h1-10,12-14H,11H2,(H2,24,25,26,28). The van der Waals surface area contributed by atoms with Crippen LogP contribution in [0.1, 0.15) is 21.7 Å². The molecule has 0 fully saturated rings. The lowest BCUT2D eigenvalue weighted by Crippen LogP contribution is -2.33. The third kappa shape index (κ3) is 4.24. The van der Waals surface area contributed by atoms with Crippen LogP contribution in [-0.2, 0) is 6.42 Å². The van der Waals surface area contributed by atoms with E-state index in [1.165, 1.54) is 0 Å². The molecule has 0 saturated heterocycles. The van der Waals surface area contributed by atoms with Crippen LogP contribution in [0.3, 0.4) is 0 Å². The predicted molar refractivity (Wildman–Crippen MR) is 113 cm³/mol. The summed E-state index contributed by atoms with van der Waals surface area (Å²) in [7, 11) is 0. The number of rotatable bonds is 4. The van der Waals surface area contributed by atoms with Crippen molar-refractivity contribution in [3.05, 3.63) is 96.0 Å². The number of carbonyl (C=O) groups is 1. The van der Waals surface area contributed by atoms with Gasteiger partial charge in [-0.05, 0) is 60.1 Å². The molecule has 2 heterocycles. The molecule has 0 saturated carbocycles. The molecule has 5 nitrogen and oxygen atoms in total. The van der Waals surface area contributed by atoms with Gasteiger partial charge in [0, 0.05) is 23.5 Å². The third-order valence-electron chi connectivity index (χ3n) is 4.19. The van der Waals surface area contributed by atoms with Crippen LogP contribution in [0.5, 0.6) is 0 Å². The molecule has 138 valence electrons. The first-order valence-electron chi connectivity index (χ1n) is 8.76. The Labute approximate surface area is 167 Å². The summed E-state index contributed by atoms with van der Waals surface area (Å²) in [5, 5.41) is 6.78. The Morgan fingerprint density at radius 3 is 2.68 bits per heavy atom. The summed E-state index contributed by atoms with van der Waals surface area (Å²) in [6, 6.07) is 21.0. The number of hydrogen-bond acceptors (Lipinski definition) is 4. The lowest BCUT2D eigenvalue weighted by Gasteiger charge is -2.10. The van der Waals surface area contributed by atoms with E-state index in [1.54, 1.807) is 12.3 Å². The molecule has 2 aromatic carbocycles. The van der Waals surface area contributed by atoms with Crippen molar-refractivity contribution < 1.29 is 9.21 Å². The van der Waals surface area contributed by atoms with Crippen LogP contribution < -0.4 is 10.6 Å². The van der Waals surface area contributed by atoms with Crippen molar-refractivity contribution in [3.8, 4) is 0 Å². The summed E-state index contributed by atoms with van der Waals surface area (Å²) < 4.78 is 5.56. The second kappa shape index (κ2) is 8.02. The van der Waals surface area contributed by atoms with Crippen LogP contribution in [0, 0.1) is 0 Å². The lowest BCUT2D eigenvalue weighted by molar-refractivity contribution is 0.0953. The minimum absolute atomic E-state index is 0.212. The van der Waals surface area contributed by atoms with Gasteiger partial charge in [0.05, 0.1) is 0 Å². The summed E-state index contributed by atoms with van der Waals surface area (Å²) in [5.74, 6) is -0.170. The molecule has 0 spiro atoms. The average molecular weight is 387 g/mol. The van der Waals surface area contributed by atoms with Crippen molar-refractivity contribution in [1.29, 1.82) is 0 Å². The molecular weight excluding hydrogens is 370 g/mol. The van der Waals surface area contributed by atoms with Gasteiger partial charge in [0.1, 0.15) is 5.58 Å². The number of anilines is 1. The first kappa shape index (κ1) is 17.9. The van der Waals surface area contributed by atoms with Gasteiger partial charge in [-0.2, -0.15) is 0 Å². The lowest BCUT2D eigenvalue weighted by atomic mass is 10.1. The molecule has 0 aliphatic rings. The second-order valence-corrected chi connectivity index (χ2v) is 6.70. The van der Waals surface area contributed by atoms with Crippen LogP contribution in [0.25, 0.3) is 11.0 Å². The predicted octanol–water partition coefficient (Wildman–Crippen LogP) is 4.55. The highest BCUT2D eigenvalue weighted by molar-refractivity contribution is 7.80. The van der Waals surface area contributed by atoms with E-state index in [0.29, 0.717) is 5.58 Å². The summed E-state index contributed by atoms with van der Waals surface area (Å²) in [4.78, 5) is 16.5. The molecule has 6 heteroatoms. The maximum absolute atomic E-state index is 12.4. The van der Waals surface area contributed by atoms with Gasteiger partial charge in [-0.15, -0.1) is 0 Å². The molecule has 28 heavy (non-hydrogen) atoms. The van der Waals surface area contributed by atoms with Crippen molar-refractivity contribution in [2.75, 3.05) is 5.32 Å². The molecule has 0 radical (unpaired) electrons. The zero-order valence-corrected chi connectivity index (χ0v) is 15.7. The Morgan fingerprint density at radius 1 is 1.00 bits per heavy atom. The smallest absolute Gasteiger partial charge is 0.293 e. The van der Waals surface area contributed by atoms with Crippen LogP contribution in [0.2, 0.25) is 0 Å². The number of furan rings is 1. The molecular formula is C22H17N3O2S. The Bertz CT molecular complexity index is 1110. The van der Waals surface area contributed by atoms with Crippen molar-refractivity contribution in [1.82, 2.24) is 10.3 Å². The molecule has 0 aliphatic heterocycles. The summed E-state index contributed by atoms with van der Waals surface area (Å²) in [6.07, 6.45) is 4.37. The second-order valence-electron chi connectivity index (χ2n) is 6.30. The third-order valence-corrected chi connectivity index (χ3v) is 4.40. The van der Waals surface area contributed by atoms with Gasteiger partial charge >= 0.3 is 0 Å². The highest BCUT2D eigenvalue weighted by Gasteiger charge is 2.13. The topological polar surface area (TPSA) is 67.2 Å². The molecule has 4 rings (SSSR count). The number of fused-ring (bicyclic) bond motifs is 1. The van der Waals surface area contributed by atoms with Gasteiger partial charge in [0.2, 0.25) is 0 Å². The first-order valence-corrected chi connectivity index (χ1v) is 9.17. The number of nitrogens with one attached hydrogen (secondary N) is 2. The number of thiocarbonyl (C=S) groups is 1. The van der Waals surface area contributed by atoms with E-state index in [4.69, 9.17) is 16.6 Å². The Hall–Kier alpha value is -3.51. The highest BCUT2D eigenvalue weighted by Crippen LogP contribution is 2.19. The van der Waals surface area contributed by atoms with Crippen molar-refractivity contribution in [2.45, 2.75) is 6.42 Å². The fraction of sp³-hybridized carbons (Fsp3) is 0.0455. The van der Waals surface area contributed by atoms with E-state index in [-0.39, 0.29) is 16.8 Å². The van der Waals surface area contributed by atoms with Crippen molar-refractivity contribution >= 4 is 39.9 Å². The molecule has 2 aromatic heterocycles. The van der Waals surface area contributed by atoms with Gasteiger partial charge in [0.25, 0.3) is 5.91 Å². The molecule has 0 aliphatic carbocycles. The number of hydrogen-bond donors (Lipinski definition) is 2. The number of para-hydroxylation sites is 1. The van der Waals surface area contributed by atoms with E-state index in [1.807, 2.05) is 66.9 Å². The van der Waals surface area contributed by atoms with E-state index in [0.717, 1.165) is 28.6 Å². The monoisotopic (exact) mass is 387 g/mol. The van der Waals surface area contributed by atoms with Crippen LogP contribution in [-0.4, -0.2) is 16.0 Å². The Balaban J connectivity index is 1.40.